The van der Waals surface area contributed by atoms with Gasteiger partial charge in [0.25, 0.3) is 0 Å². The zero-order valence-corrected chi connectivity index (χ0v) is 15.3. The molecule has 1 aliphatic rings. The van der Waals surface area contributed by atoms with Crippen molar-refractivity contribution in [3.63, 3.8) is 0 Å². The van der Waals surface area contributed by atoms with Gasteiger partial charge in [0.1, 0.15) is 11.6 Å². The van der Waals surface area contributed by atoms with Gasteiger partial charge in [-0.2, -0.15) is 0 Å². The van der Waals surface area contributed by atoms with Crippen LogP contribution in [0.15, 0.2) is 48.5 Å². The fourth-order valence-electron chi connectivity index (χ4n) is 2.64. The zero-order valence-electron chi connectivity index (χ0n) is 14.5. The summed E-state index contributed by atoms with van der Waals surface area (Å²) in [6, 6.07) is 12.0. The molecule has 1 N–H and O–H groups in total. The molecular weight excluding hydrogens is 371 g/mol. The third-order valence-electron chi connectivity index (χ3n) is 3.98. The monoisotopic (exact) mass is 388 g/mol. The van der Waals surface area contributed by atoms with Gasteiger partial charge in [0, 0.05) is 12.1 Å². The number of nitrogens with one attached hydrogen (secondary N) is 1. The highest BCUT2D eigenvalue weighted by molar-refractivity contribution is 8.01. The van der Waals surface area contributed by atoms with Crippen LogP contribution in [0.25, 0.3) is 0 Å². The van der Waals surface area contributed by atoms with E-state index in [4.69, 9.17) is 4.74 Å². The Morgan fingerprint density at radius 1 is 1.19 bits per heavy atom. The van der Waals surface area contributed by atoms with Crippen LogP contribution >= 0.6 is 11.8 Å². The fourth-order valence-corrected chi connectivity index (χ4v) is 3.58. The summed E-state index contributed by atoms with van der Waals surface area (Å²) in [6.45, 7) is 0. The van der Waals surface area contributed by atoms with E-state index < -0.39 is 17.0 Å². The molecule has 2 aromatic rings. The normalized spacial score (nSPS) is 16.5. The summed E-state index contributed by atoms with van der Waals surface area (Å²) in [6.07, 6.45) is 0.0106. The molecule has 140 valence electrons. The van der Waals surface area contributed by atoms with Crippen molar-refractivity contribution in [2.75, 3.05) is 23.1 Å². The van der Waals surface area contributed by atoms with Gasteiger partial charge in [0.15, 0.2) is 0 Å². The Hall–Kier alpha value is -2.87. The number of imide groups is 1. The Balaban J connectivity index is 1.56. The molecule has 8 heteroatoms. The smallest absolute Gasteiger partial charge is 0.247 e. The first-order chi connectivity index (χ1) is 13.0. The number of nitrogens with zero attached hydrogens (tertiary/aromatic N) is 1. The van der Waals surface area contributed by atoms with Crippen molar-refractivity contribution in [3.05, 3.63) is 54.3 Å². The van der Waals surface area contributed by atoms with Crippen LogP contribution in [0.5, 0.6) is 5.75 Å². The SMILES string of the molecule is COc1ccc(NC(=O)CSC2CC(=O)N(c3ccc(F)cc3)C2=O)cc1. The summed E-state index contributed by atoms with van der Waals surface area (Å²) in [5.41, 5.74) is 0.945. The van der Waals surface area contributed by atoms with E-state index in [1.807, 2.05) is 0 Å². The number of ether oxygens (including phenoxy) is 1. The maximum Gasteiger partial charge on any atom is 0.247 e. The maximum absolute atomic E-state index is 13.0. The standard InChI is InChI=1S/C19H17FN2O4S/c1-26-15-8-4-13(5-9-15)21-17(23)11-27-16-10-18(24)22(19(16)25)14-6-2-12(20)3-7-14/h2-9,16H,10-11H2,1H3,(H,21,23). The van der Waals surface area contributed by atoms with Gasteiger partial charge in [-0.25, -0.2) is 9.29 Å². The molecule has 1 aliphatic heterocycles. The van der Waals surface area contributed by atoms with Crippen LogP contribution in [0, 0.1) is 5.82 Å². The highest BCUT2D eigenvalue weighted by Gasteiger charge is 2.40. The number of methoxy groups -OCH3 is 1. The minimum Gasteiger partial charge on any atom is -0.497 e. The van der Waals surface area contributed by atoms with Crippen LogP contribution in [-0.2, 0) is 14.4 Å². The third kappa shape index (κ3) is 4.46. The number of halogens is 1. The number of hydrogen-bond acceptors (Lipinski definition) is 5. The molecule has 1 atom stereocenters. The summed E-state index contributed by atoms with van der Waals surface area (Å²) in [7, 11) is 1.55. The van der Waals surface area contributed by atoms with Gasteiger partial charge < -0.3 is 10.1 Å². The van der Waals surface area contributed by atoms with Crippen molar-refractivity contribution in [1.82, 2.24) is 0 Å². The van der Waals surface area contributed by atoms with E-state index in [1.54, 1.807) is 31.4 Å². The summed E-state index contributed by atoms with van der Waals surface area (Å²) < 4.78 is 18.1. The molecular formula is C19H17FN2O4S. The van der Waals surface area contributed by atoms with E-state index in [1.165, 1.54) is 24.3 Å². The molecule has 2 aromatic carbocycles. The van der Waals surface area contributed by atoms with Crippen molar-refractivity contribution in [1.29, 1.82) is 0 Å². The Morgan fingerprint density at radius 3 is 2.48 bits per heavy atom. The summed E-state index contributed by atoms with van der Waals surface area (Å²) in [5.74, 6) is -0.760. The lowest BCUT2D eigenvalue weighted by molar-refractivity contribution is -0.121. The highest BCUT2D eigenvalue weighted by Crippen LogP contribution is 2.29. The van der Waals surface area contributed by atoms with Gasteiger partial charge in [-0.05, 0) is 48.5 Å². The van der Waals surface area contributed by atoms with Crippen molar-refractivity contribution in [2.24, 2.45) is 0 Å². The number of benzene rings is 2. The van der Waals surface area contributed by atoms with E-state index >= 15 is 0 Å². The highest BCUT2D eigenvalue weighted by atomic mass is 32.2. The molecule has 3 amide bonds. The topological polar surface area (TPSA) is 75.7 Å². The largest absolute Gasteiger partial charge is 0.497 e. The predicted molar refractivity (Wildman–Crippen MR) is 101 cm³/mol. The maximum atomic E-state index is 13.0. The lowest BCUT2D eigenvalue weighted by Gasteiger charge is -2.14. The van der Waals surface area contributed by atoms with Crippen molar-refractivity contribution in [3.8, 4) is 5.75 Å². The summed E-state index contributed by atoms with van der Waals surface area (Å²) in [4.78, 5) is 37.8. The predicted octanol–water partition coefficient (Wildman–Crippen LogP) is 2.84. The number of anilines is 2. The summed E-state index contributed by atoms with van der Waals surface area (Å²) >= 11 is 1.11. The molecule has 1 saturated heterocycles. The molecule has 0 spiro atoms. The van der Waals surface area contributed by atoms with E-state index in [9.17, 15) is 18.8 Å². The van der Waals surface area contributed by atoms with Crippen LogP contribution in [0.4, 0.5) is 15.8 Å². The second kappa shape index (κ2) is 8.22. The Morgan fingerprint density at radius 2 is 1.85 bits per heavy atom. The molecule has 6 nitrogen and oxygen atoms in total. The van der Waals surface area contributed by atoms with Crippen molar-refractivity contribution in [2.45, 2.75) is 11.7 Å². The van der Waals surface area contributed by atoms with Gasteiger partial charge in [0.2, 0.25) is 17.7 Å². The first-order valence-electron chi connectivity index (χ1n) is 8.16. The number of carbonyl (C=O) groups excluding carboxylic acids is 3. The lowest BCUT2D eigenvalue weighted by atomic mass is 10.3. The first kappa shape index (κ1) is 18.9. The second-order valence-electron chi connectivity index (χ2n) is 5.82. The van der Waals surface area contributed by atoms with Crippen LogP contribution in [-0.4, -0.2) is 35.8 Å². The Kier molecular flexibility index (Phi) is 5.75. The molecule has 27 heavy (non-hydrogen) atoms. The van der Waals surface area contributed by atoms with E-state index in [0.717, 1.165) is 16.7 Å². The van der Waals surface area contributed by atoms with E-state index in [-0.39, 0.29) is 24.0 Å². The number of rotatable bonds is 6. The number of thioether (sulfide) groups is 1. The molecule has 0 aliphatic carbocycles. The van der Waals surface area contributed by atoms with Gasteiger partial charge in [-0.3, -0.25) is 14.4 Å². The minimum absolute atomic E-state index is 0.0106. The molecule has 1 unspecified atom stereocenters. The van der Waals surface area contributed by atoms with E-state index in [2.05, 4.69) is 5.32 Å². The molecule has 1 fully saturated rings. The van der Waals surface area contributed by atoms with Crippen LogP contribution in [0.1, 0.15) is 6.42 Å². The second-order valence-corrected chi connectivity index (χ2v) is 7.02. The molecule has 0 bridgehead atoms. The number of carbonyl (C=O) groups is 3. The Bertz CT molecular complexity index is 855. The molecule has 3 rings (SSSR count). The Labute approximate surface area is 159 Å². The van der Waals surface area contributed by atoms with Gasteiger partial charge in [-0.1, -0.05) is 0 Å². The van der Waals surface area contributed by atoms with Crippen LogP contribution in [0.3, 0.4) is 0 Å². The lowest BCUT2D eigenvalue weighted by Crippen LogP contribution is -2.31. The third-order valence-corrected chi connectivity index (χ3v) is 5.18. The van der Waals surface area contributed by atoms with Crippen molar-refractivity contribution >= 4 is 40.9 Å². The molecule has 0 saturated carbocycles. The zero-order chi connectivity index (χ0) is 19.4. The number of amides is 3. The fraction of sp³-hybridized carbons (Fsp3) is 0.211. The molecule has 0 radical (unpaired) electrons. The van der Waals surface area contributed by atoms with Gasteiger partial charge >= 0.3 is 0 Å². The quantitative estimate of drug-likeness (QED) is 0.770. The average Bonchev–Trinajstić information content (AvgIpc) is 2.95. The van der Waals surface area contributed by atoms with Crippen LogP contribution < -0.4 is 15.0 Å². The molecule has 0 aromatic heterocycles. The van der Waals surface area contributed by atoms with Gasteiger partial charge in [0.05, 0.1) is 23.8 Å². The van der Waals surface area contributed by atoms with Crippen LogP contribution in [0.2, 0.25) is 0 Å². The van der Waals surface area contributed by atoms with Crippen molar-refractivity contribution < 1.29 is 23.5 Å². The molecule has 1 heterocycles. The minimum atomic E-state index is -0.635. The summed E-state index contributed by atoms with van der Waals surface area (Å²) in [5, 5.41) is 2.09. The number of hydrogen-bond donors (Lipinski definition) is 1. The van der Waals surface area contributed by atoms with Gasteiger partial charge in [-0.15, -0.1) is 11.8 Å². The average molecular weight is 388 g/mol. The first-order valence-corrected chi connectivity index (χ1v) is 9.20. The van der Waals surface area contributed by atoms with E-state index in [0.29, 0.717) is 17.1 Å².